The number of benzene rings is 2. The van der Waals surface area contributed by atoms with E-state index in [4.69, 9.17) is 6.58 Å². The van der Waals surface area contributed by atoms with Crippen molar-refractivity contribution in [3.05, 3.63) is 72.9 Å². The summed E-state index contributed by atoms with van der Waals surface area (Å²) in [6.45, 7) is 12.1. The quantitative estimate of drug-likeness (QED) is 0.684. The molecule has 4 heteroatoms. The van der Waals surface area contributed by atoms with Gasteiger partial charge < -0.3 is 15.2 Å². The van der Waals surface area contributed by atoms with E-state index >= 15 is 0 Å². The maximum atomic E-state index is 5.81. The lowest BCUT2D eigenvalue weighted by Crippen LogP contribution is -2.52. The summed E-state index contributed by atoms with van der Waals surface area (Å²) in [6, 6.07) is 17.1. The molecule has 2 aromatic carbocycles. The van der Waals surface area contributed by atoms with Gasteiger partial charge in [0.05, 0.1) is 6.17 Å². The minimum absolute atomic E-state index is 0.211. The molecule has 1 radical (unpaired) electrons. The number of anilines is 2. The fourth-order valence-electron chi connectivity index (χ4n) is 3.98. The molecule has 1 atom stereocenters. The van der Waals surface area contributed by atoms with Gasteiger partial charge in [-0.2, -0.15) is 0 Å². The molecule has 1 aromatic heterocycles. The topological polar surface area (TPSA) is 34.3 Å². The third-order valence-corrected chi connectivity index (χ3v) is 5.56. The van der Waals surface area contributed by atoms with Crippen LogP contribution in [0.2, 0.25) is 0 Å². The highest BCUT2D eigenvalue weighted by molar-refractivity contribution is 5.87. The second-order valence-electron chi connectivity index (χ2n) is 7.17. The van der Waals surface area contributed by atoms with E-state index in [1.165, 1.54) is 27.8 Å². The predicted octanol–water partition coefficient (Wildman–Crippen LogP) is 4.42. The van der Waals surface area contributed by atoms with Crippen LogP contribution < -0.4 is 10.2 Å². The number of aromatic amines is 1. The van der Waals surface area contributed by atoms with Gasteiger partial charge in [0.25, 0.3) is 0 Å². The lowest BCUT2D eigenvalue weighted by molar-refractivity contribution is 0.204. The third-order valence-electron chi connectivity index (χ3n) is 5.56. The van der Waals surface area contributed by atoms with Crippen LogP contribution in [0.25, 0.3) is 10.9 Å². The molecule has 0 amide bonds. The first-order valence-electron chi connectivity index (χ1n) is 9.67. The molecule has 1 aliphatic rings. The molecular weight excluding hydrogens is 332 g/mol. The van der Waals surface area contributed by atoms with Crippen LogP contribution in [0.4, 0.5) is 11.4 Å². The summed E-state index contributed by atoms with van der Waals surface area (Å²) in [5.74, 6) is 0. The molecule has 1 saturated heterocycles. The van der Waals surface area contributed by atoms with Crippen molar-refractivity contribution in [3.8, 4) is 0 Å². The Morgan fingerprint density at radius 2 is 1.85 bits per heavy atom. The van der Waals surface area contributed by atoms with Crippen LogP contribution in [0.5, 0.6) is 0 Å². The molecule has 0 aliphatic carbocycles. The number of aryl methyl sites for hydroxylation is 1. The van der Waals surface area contributed by atoms with Crippen LogP contribution in [0.1, 0.15) is 12.0 Å². The van der Waals surface area contributed by atoms with Gasteiger partial charge in [0, 0.05) is 54.7 Å². The number of hydrogen-bond donors (Lipinski definition) is 2. The summed E-state index contributed by atoms with van der Waals surface area (Å²) in [5.41, 5.74) is 4.94. The molecule has 0 saturated carbocycles. The minimum Gasteiger partial charge on any atom is -0.369 e. The van der Waals surface area contributed by atoms with Gasteiger partial charge in [-0.25, -0.2) is 0 Å². The monoisotopic (exact) mass is 359 g/mol. The fraction of sp³-hybridized carbons (Fsp3) is 0.304. The molecule has 1 unspecified atom stereocenters. The van der Waals surface area contributed by atoms with Gasteiger partial charge in [0.1, 0.15) is 0 Å². The molecular formula is C23H27N4. The number of aromatic nitrogens is 1. The van der Waals surface area contributed by atoms with Gasteiger partial charge in [0.15, 0.2) is 0 Å². The van der Waals surface area contributed by atoms with Crippen LogP contribution in [-0.4, -0.2) is 42.2 Å². The number of para-hydroxylation sites is 1. The van der Waals surface area contributed by atoms with Crippen molar-refractivity contribution in [2.24, 2.45) is 0 Å². The van der Waals surface area contributed by atoms with E-state index in [1.54, 1.807) is 6.08 Å². The minimum atomic E-state index is 0.211. The number of rotatable bonds is 6. The smallest absolute Gasteiger partial charge is 0.0829 e. The molecule has 3 aromatic rings. The van der Waals surface area contributed by atoms with E-state index in [9.17, 15) is 0 Å². The number of piperazine rings is 1. The lowest BCUT2D eigenvalue weighted by atomic mass is 10.1. The molecule has 1 aliphatic heterocycles. The number of hydrogen-bond acceptors (Lipinski definition) is 3. The van der Waals surface area contributed by atoms with Gasteiger partial charge in [-0.15, -0.1) is 0 Å². The number of fused-ring (bicyclic) bond motifs is 1. The molecule has 1 fully saturated rings. The summed E-state index contributed by atoms with van der Waals surface area (Å²) >= 11 is 0. The van der Waals surface area contributed by atoms with E-state index < -0.39 is 0 Å². The second kappa shape index (κ2) is 7.89. The van der Waals surface area contributed by atoms with Crippen molar-refractivity contribution in [1.29, 1.82) is 0 Å². The zero-order valence-corrected chi connectivity index (χ0v) is 15.9. The Bertz CT molecular complexity index is 891. The van der Waals surface area contributed by atoms with Crippen LogP contribution in [0.3, 0.4) is 0 Å². The molecule has 27 heavy (non-hydrogen) atoms. The SMILES string of the molecule is [CH]=CCC(Nc1ccc2[nH]ccc2c1C)N1CCN(c2ccccc2)CC1. The van der Waals surface area contributed by atoms with Gasteiger partial charge in [-0.05, 0) is 49.2 Å². The average Bonchev–Trinajstić information content (AvgIpc) is 3.20. The summed E-state index contributed by atoms with van der Waals surface area (Å²) < 4.78 is 0. The van der Waals surface area contributed by atoms with Crippen LogP contribution in [0, 0.1) is 13.5 Å². The van der Waals surface area contributed by atoms with Crippen molar-refractivity contribution in [2.45, 2.75) is 19.5 Å². The zero-order chi connectivity index (χ0) is 18.6. The van der Waals surface area contributed by atoms with Gasteiger partial charge in [0.2, 0.25) is 0 Å². The molecule has 0 spiro atoms. The van der Waals surface area contributed by atoms with Gasteiger partial charge in [-0.3, -0.25) is 4.90 Å². The first kappa shape index (κ1) is 17.7. The predicted molar refractivity (Wildman–Crippen MR) is 114 cm³/mol. The Balaban J connectivity index is 1.46. The van der Waals surface area contributed by atoms with Crippen LogP contribution >= 0.6 is 0 Å². The Kier molecular flexibility index (Phi) is 5.16. The average molecular weight is 359 g/mol. The van der Waals surface area contributed by atoms with E-state index in [1.807, 2.05) is 6.20 Å². The molecule has 139 valence electrons. The number of nitrogens with one attached hydrogen (secondary N) is 2. The zero-order valence-electron chi connectivity index (χ0n) is 15.9. The van der Waals surface area contributed by atoms with Crippen molar-refractivity contribution in [2.75, 3.05) is 36.4 Å². The van der Waals surface area contributed by atoms with Gasteiger partial charge >= 0.3 is 0 Å². The summed E-state index contributed by atoms with van der Waals surface area (Å²) in [4.78, 5) is 8.24. The standard InChI is InChI=1S/C23H27N4/c1-3-7-23(25-21-10-11-22-20(18(21)2)12-13-24-22)27-16-14-26(15-17-27)19-8-5-4-6-9-19/h1,3-6,8-13,23-25H,7,14-17H2,2H3. The number of H-pyrrole nitrogens is 1. The third kappa shape index (κ3) is 3.71. The summed E-state index contributed by atoms with van der Waals surface area (Å²) in [5, 5.41) is 5.00. The van der Waals surface area contributed by atoms with Crippen molar-refractivity contribution in [1.82, 2.24) is 9.88 Å². The van der Waals surface area contributed by atoms with E-state index in [-0.39, 0.29) is 6.17 Å². The number of nitrogens with zero attached hydrogens (tertiary/aromatic N) is 2. The molecule has 2 N–H and O–H groups in total. The molecule has 4 nitrogen and oxygen atoms in total. The highest BCUT2D eigenvalue weighted by atomic mass is 15.3. The normalized spacial score (nSPS) is 16.4. The van der Waals surface area contributed by atoms with Crippen LogP contribution in [-0.2, 0) is 0 Å². The van der Waals surface area contributed by atoms with E-state index in [2.05, 4.69) is 75.6 Å². The molecule has 4 rings (SSSR count). The van der Waals surface area contributed by atoms with Crippen molar-refractivity contribution < 1.29 is 0 Å². The molecule has 2 heterocycles. The van der Waals surface area contributed by atoms with Crippen molar-refractivity contribution in [3.63, 3.8) is 0 Å². The van der Waals surface area contributed by atoms with E-state index in [0.717, 1.165) is 32.6 Å². The highest BCUT2D eigenvalue weighted by Crippen LogP contribution is 2.26. The first-order valence-corrected chi connectivity index (χ1v) is 9.67. The van der Waals surface area contributed by atoms with E-state index in [0.29, 0.717) is 0 Å². The van der Waals surface area contributed by atoms with Crippen molar-refractivity contribution >= 4 is 22.3 Å². The Morgan fingerprint density at radius 1 is 1.07 bits per heavy atom. The first-order chi connectivity index (χ1) is 13.3. The maximum Gasteiger partial charge on any atom is 0.0829 e. The summed E-state index contributed by atoms with van der Waals surface area (Å²) in [6.07, 6.45) is 4.79. The highest BCUT2D eigenvalue weighted by Gasteiger charge is 2.23. The van der Waals surface area contributed by atoms with Gasteiger partial charge in [-0.1, -0.05) is 30.9 Å². The Hall–Kier alpha value is -2.72. The maximum absolute atomic E-state index is 5.81. The Labute approximate surface area is 161 Å². The fourth-order valence-corrected chi connectivity index (χ4v) is 3.98. The molecule has 0 bridgehead atoms. The Morgan fingerprint density at radius 3 is 2.59 bits per heavy atom. The lowest BCUT2D eigenvalue weighted by Gasteiger charge is -2.40. The largest absolute Gasteiger partial charge is 0.369 e. The second-order valence-corrected chi connectivity index (χ2v) is 7.17. The summed E-state index contributed by atoms with van der Waals surface area (Å²) in [7, 11) is 0. The van der Waals surface area contributed by atoms with Crippen LogP contribution in [0.15, 0.2) is 60.8 Å².